The number of likely N-dealkylation sites (tertiary alicyclic amines) is 1. The predicted molar refractivity (Wildman–Crippen MR) is 353 cm³/mol. The van der Waals surface area contributed by atoms with Crippen LogP contribution < -0.4 is 26.5 Å². The van der Waals surface area contributed by atoms with Crippen LogP contribution in [0.15, 0.2) is 0 Å². The van der Waals surface area contributed by atoms with Gasteiger partial charge in [-0.05, 0) is 91.3 Å². The normalized spacial score (nSPS) is 38.8. The third kappa shape index (κ3) is 2.57. The Kier molecular flexibility index (Phi) is 5.83. The molecule has 1 unspecified atom stereocenters. The van der Waals surface area contributed by atoms with Gasteiger partial charge in [-0.2, -0.15) is 0 Å². The number of carbonyl (C=O) groups is 1. The van der Waals surface area contributed by atoms with E-state index in [0.29, 0.717) is 30.6 Å². The Bertz CT molecular complexity index is 1350. The lowest BCUT2D eigenvalue weighted by atomic mass is 9.33. The number of nitrogens with zero attached hydrogens (tertiary/aromatic N) is 1. The van der Waals surface area contributed by atoms with Gasteiger partial charge in [0.2, 0.25) is 0 Å². The van der Waals surface area contributed by atoms with Crippen LogP contribution >= 0.6 is 0 Å². The van der Waals surface area contributed by atoms with Gasteiger partial charge in [-0.3, -0.25) is 4.79 Å². The van der Waals surface area contributed by atoms with Crippen LogP contribution in [0.1, 0.15) is 243 Å². The molecule has 2 bridgehead atoms. The molecule has 5 nitrogen and oxygen atoms in total. The van der Waals surface area contributed by atoms with Gasteiger partial charge in [0, 0.05) is 169 Å². The fourth-order valence-corrected chi connectivity index (χ4v) is 11.0. The monoisotopic (exact) mass is 787 g/mol. The molecule has 0 radical (unpaired) electrons. The van der Waals surface area contributed by atoms with Crippen molar-refractivity contribution in [2.45, 2.75) is 135 Å². The van der Waals surface area contributed by atoms with E-state index in [0.717, 1.165) is 27.9 Å². The highest BCUT2D eigenvalue weighted by Gasteiger charge is 2.89. The molecule has 38 heavy (non-hydrogen) atoms. The van der Waals surface area contributed by atoms with E-state index >= 15 is 0 Å². The minimum Gasteiger partial charge on any atom is -1.00 e. The van der Waals surface area contributed by atoms with Crippen molar-refractivity contribution in [1.29, 1.82) is 0 Å². The Morgan fingerprint density at radius 3 is 2.21 bits per heavy atom. The first kappa shape index (κ1) is 28.4. The van der Waals surface area contributed by atoms with Gasteiger partial charge in [0.1, 0.15) is 17.2 Å². The van der Waals surface area contributed by atoms with Gasteiger partial charge in [0.15, 0.2) is 23.4 Å². The third-order valence-electron chi connectivity index (χ3n) is 12.9. The topological polar surface area (TPSA) is 55.8 Å². The lowest BCUT2D eigenvalue weighted by molar-refractivity contribution is -1.04. The molecule has 6 rings (SSSR count). The molecular formula is C32H244BrNO4. The van der Waals surface area contributed by atoms with E-state index in [2.05, 4.69) is 69.2 Å². The number of piperidine rings is 1. The molecule has 1 aromatic rings. The molecule has 5 atom stereocenters. The van der Waals surface area contributed by atoms with Crippen molar-refractivity contribution in [1.82, 2.24) is 0 Å². The average molecular weight is 788 g/mol. The molecule has 2 heterocycles. The maximum Gasteiger partial charge on any atom is 0.174 e. The number of hydrogen-bond acceptors (Lipinski definition) is 4. The zero-order valence-electron chi connectivity index (χ0n) is 25.3. The number of carbonyl (C=O) groups excluding carboxylic acids is 1. The second kappa shape index (κ2) is 7.79. The summed E-state index contributed by atoms with van der Waals surface area (Å²) in [6.07, 6.45) is 2.71. The summed E-state index contributed by atoms with van der Waals surface area (Å²) in [5.74, 6) is 2.26. The highest BCUT2D eigenvalue weighted by Crippen LogP contribution is 2.78. The Labute approximate surface area is 385 Å². The molecule has 1 spiro atoms. The quantitative estimate of drug-likeness (QED) is 0.309. The number of hydrogen-bond donors (Lipinski definition) is 1. The van der Waals surface area contributed by atoms with Gasteiger partial charge in [-0.25, -0.2) is 0 Å². The Morgan fingerprint density at radius 2 is 1.68 bits per heavy atom. The zero-order valence-corrected chi connectivity index (χ0v) is 26.9. The standard InChI is InChI=1S/C32H48NO4.BrH.98H2/c1-17(2)33(16-20-12-13-20)27-28(5,6)22-18(3)19(4)24(36-11)25-23(22)32(29(7,8)30(33,9)10)26(37-25)21(34)14-15-31(27,32)35;;;;;;;;;;;;;;;;;;;;;;;;;;;;;;;;;;;;;;;;;;;;;;;;;;;;;;;;;;;;;;;;;;;;;;;;;;;;;;;;;;;;;;;;;;;;;;;;;;;/h17,20,26-27,35H,12-16H2,1-11H3;99*1H/q+1;;;;;;;;;;;;;;;;;;;;;;;;;;;;;;;;;;;;;;;;;;;;;;;;;;;;;;;;;;;;;;;;;;;;;;;;;;;;;;;;;;;;;;;;;;;;;;;;;;;/p-1/t26-,27+,31-,32-,33?;;;;;;;;;;;;;;;;;;;;;;;;;;;;;;;;;;;;;;;;;;;;;;;;;;;;;;;;;;;;;;;;;;;;;;;;;;;;;;;;;;;;;;;;;;;;;;;;;;;/m0.................................................................................................../s1. The zero-order chi connectivity index (χ0) is 27.3. The smallest absolute Gasteiger partial charge is 0.174 e. The molecule has 1 aromatic carbocycles. The van der Waals surface area contributed by atoms with Crippen molar-refractivity contribution in [3.8, 4) is 11.5 Å². The van der Waals surface area contributed by atoms with Crippen LogP contribution in [0.4, 0.5) is 0 Å². The molecule has 3 aliphatic carbocycles. The van der Waals surface area contributed by atoms with Crippen LogP contribution in [0.2, 0.25) is 0 Å². The van der Waals surface area contributed by atoms with Gasteiger partial charge in [-0.15, -0.1) is 0 Å². The van der Waals surface area contributed by atoms with E-state index in [1.807, 2.05) is 0 Å². The van der Waals surface area contributed by atoms with Crippen LogP contribution in [-0.2, 0) is 15.6 Å². The molecule has 1 saturated heterocycles. The summed E-state index contributed by atoms with van der Waals surface area (Å²) in [5.41, 5.74) is 1.71. The number of halogens is 1. The first-order valence-corrected chi connectivity index (χ1v) is 14.5. The fourth-order valence-electron chi connectivity index (χ4n) is 11.0. The van der Waals surface area contributed by atoms with Gasteiger partial charge >= 0.3 is 0 Å². The molecule has 408 valence electrons. The third-order valence-corrected chi connectivity index (χ3v) is 12.9. The summed E-state index contributed by atoms with van der Waals surface area (Å²) in [4.78, 5) is 13.9. The lowest BCUT2D eigenvalue weighted by Crippen LogP contribution is -3.00. The number of rotatable bonds is 4. The maximum atomic E-state index is 13.9. The van der Waals surface area contributed by atoms with Crippen molar-refractivity contribution < 1.29 is 181 Å². The van der Waals surface area contributed by atoms with Gasteiger partial charge in [0.25, 0.3) is 0 Å². The Hall–Kier alpha value is -1.11. The van der Waals surface area contributed by atoms with Crippen LogP contribution in [0.25, 0.3) is 0 Å². The first-order valence-electron chi connectivity index (χ1n) is 14.5. The highest BCUT2D eigenvalue weighted by atomic mass is 79.9. The summed E-state index contributed by atoms with van der Waals surface area (Å²) in [5, 5.41) is 13.6. The summed E-state index contributed by atoms with van der Waals surface area (Å²) >= 11 is 0. The summed E-state index contributed by atoms with van der Waals surface area (Å²) in [6.45, 7) is 24.4. The van der Waals surface area contributed by atoms with Crippen molar-refractivity contribution in [2.24, 2.45) is 11.3 Å². The van der Waals surface area contributed by atoms with Crippen LogP contribution in [0, 0.1) is 25.2 Å². The van der Waals surface area contributed by atoms with E-state index in [1.165, 1.54) is 24.0 Å². The van der Waals surface area contributed by atoms with Crippen molar-refractivity contribution in [3.05, 3.63) is 22.3 Å². The summed E-state index contributed by atoms with van der Waals surface area (Å²) in [7, 11) is 1.70. The largest absolute Gasteiger partial charge is 1.00 e. The lowest BCUT2D eigenvalue weighted by Gasteiger charge is -2.80. The van der Waals surface area contributed by atoms with Gasteiger partial charge in [0.05, 0.1) is 25.1 Å². The second-order valence-electron chi connectivity index (χ2n) is 15.0. The van der Waals surface area contributed by atoms with Crippen molar-refractivity contribution in [2.75, 3.05) is 13.7 Å². The van der Waals surface area contributed by atoms with E-state index < -0.39 is 22.5 Å². The first-order chi connectivity index (χ1) is 17.0. The molecule has 3 fully saturated rings. The molecular weight excluding hydrogens is 542 g/mol. The molecule has 2 aliphatic heterocycles. The Balaban J connectivity index is -0.00000000194. The molecule has 0 aromatic heterocycles. The number of ketones is 1. The second-order valence-corrected chi connectivity index (χ2v) is 15.0. The highest BCUT2D eigenvalue weighted by molar-refractivity contribution is 5.91. The number of ether oxygens (including phenoxy) is 2. The minimum absolute atomic E-state index is 0. The van der Waals surface area contributed by atoms with E-state index in [1.54, 1.807) is 7.11 Å². The van der Waals surface area contributed by atoms with Gasteiger partial charge < -0.3 is 36.0 Å². The molecule has 0 amide bonds. The van der Waals surface area contributed by atoms with Crippen molar-refractivity contribution >= 4 is 5.78 Å². The van der Waals surface area contributed by atoms with E-state index in [-0.39, 0.29) is 180 Å². The van der Waals surface area contributed by atoms with E-state index in [4.69, 9.17) is 9.47 Å². The number of Topliss-reactive ketones (excluding diaryl/α,β-unsaturated/α-hetero) is 1. The summed E-state index contributed by atoms with van der Waals surface area (Å²) < 4.78 is 13.7. The van der Waals surface area contributed by atoms with Crippen LogP contribution in [0.3, 0.4) is 0 Å². The fraction of sp³-hybridized carbons (Fsp3) is 0.781. The van der Waals surface area contributed by atoms with Crippen LogP contribution in [0.5, 0.6) is 11.5 Å². The maximum absolute atomic E-state index is 13.9. The average Bonchev–Trinajstić information content (AvgIpc) is 3.53. The number of benzene rings is 1. The SMILES string of the molecule is COc1c(C)c(C)c2c3c1O[C@H]1C(=O)CC[C@]4(O)[C@@H](C2(C)C)[N+](CC2CC2)(C(C)C)C(C)(C)C(C)(C)[C@]314.[Br-].[HH].[HH].[HH].[HH].[HH].[HH].[HH].[HH].[HH].[HH].[HH].[HH].[HH].[HH].[HH].[HH].[HH].[HH].[HH].[HH].[HH].[HH].[HH].[HH].[HH].[HH].[HH].[HH].[HH].[HH].[HH].[HH].[HH].[HH].[HH].[HH].[HH].[HH].[HH].[HH].[HH].[HH].[HH].[HH].[HH].[HH].[HH].[HH].[HH].[HH].[HH].[HH].[HH].[HH].[HH].[HH].[HH].[HH].[HH].[HH].[HH].[HH].[HH].[HH].[HH].[HH].[HH].[HH].[HH].[HH].[HH].[HH].[HH].[HH].[HH].[HH].[HH].[HH].[HH].[HH].[HH].[HH].[HH].[HH].[HH].[HH].[HH].[HH].[HH].[HH].[HH].[HH].[HH].[HH].[HH].[HH].[HH].[HH]. The van der Waals surface area contributed by atoms with E-state index in [9.17, 15) is 9.90 Å². The summed E-state index contributed by atoms with van der Waals surface area (Å²) in [6, 6.07) is 0.257. The van der Waals surface area contributed by atoms with Gasteiger partial charge in [-0.1, -0.05) is 13.8 Å². The predicted octanol–water partition coefficient (Wildman–Crippen LogP) is 26.6. The molecule has 2 saturated carbocycles. The van der Waals surface area contributed by atoms with Crippen LogP contribution in [-0.4, -0.2) is 58.4 Å². The number of quaternary nitrogens is 1. The van der Waals surface area contributed by atoms with Crippen molar-refractivity contribution in [3.63, 3.8) is 0 Å². The molecule has 6 heteroatoms. The number of aliphatic hydroxyl groups is 1. The number of methoxy groups -OCH3 is 1. The Morgan fingerprint density at radius 1 is 1.08 bits per heavy atom. The molecule has 1 N–H and O–H groups in total. The molecule has 5 aliphatic rings. The minimum atomic E-state index is -1.09.